The van der Waals surface area contributed by atoms with Gasteiger partial charge in [0.05, 0.1) is 4.90 Å². The van der Waals surface area contributed by atoms with Crippen molar-refractivity contribution in [3.8, 4) is 0 Å². The summed E-state index contributed by atoms with van der Waals surface area (Å²) in [5.41, 5.74) is 0.982. The van der Waals surface area contributed by atoms with Crippen LogP contribution in [0.25, 0.3) is 0 Å². The van der Waals surface area contributed by atoms with Crippen LogP contribution in [0.2, 0.25) is 12.6 Å². The number of hydrogen-bond acceptors (Lipinski definition) is 4. The largest absolute Gasteiger partial charge is 0.398 e. The lowest BCUT2D eigenvalue weighted by Gasteiger charge is -2.22. The molecule has 0 atom stereocenters. The Kier molecular flexibility index (Phi) is 5.06. The van der Waals surface area contributed by atoms with Crippen LogP contribution < -0.4 is 0 Å². The zero-order valence-corrected chi connectivity index (χ0v) is 12.5. The summed E-state index contributed by atoms with van der Waals surface area (Å²) in [5.74, 6) is 0. The average molecular weight is 290 g/mol. The molecule has 1 rings (SSSR count). The van der Waals surface area contributed by atoms with E-state index in [0.29, 0.717) is 0 Å². The molecule has 1 aromatic carbocycles. The van der Waals surface area contributed by atoms with E-state index in [1.807, 2.05) is 6.55 Å². The van der Waals surface area contributed by atoms with Gasteiger partial charge in [-0.3, -0.25) is 4.55 Å². The van der Waals surface area contributed by atoms with E-state index >= 15 is 0 Å². The van der Waals surface area contributed by atoms with E-state index in [-0.39, 0.29) is 4.90 Å². The Morgan fingerprint density at radius 2 is 1.67 bits per heavy atom. The van der Waals surface area contributed by atoms with Gasteiger partial charge in [0.1, 0.15) is 0 Å². The zero-order valence-electron chi connectivity index (χ0n) is 10.7. The summed E-state index contributed by atoms with van der Waals surface area (Å²) in [5, 5.41) is 0. The fraction of sp³-hybridized carbons (Fsp3) is 0.455. The first-order valence-electron chi connectivity index (χ1n) is 5.47. The number of hydrogen-bond donors (Lipinski definition) is 1. The highest BCUT2D eigenvalue weighted by atomic mass is 32.2. The van der Waals surface area contributed by atoms with Crippen molar-refractivity contribution in [3.63, 3.8) is 0 Å². The third kappa shape index (κ3) is 4.18. The first kappa shape index (κ1) is 15.3. The maximum Gasteiger partial charge on any atom is 0.334 e. The fourth-order valence-corrected chi connectivity index (χ4v) is 3.28. The summed E-state index contributed by atoms with van der Waals surface area (Å²) in [4.78, 5) is -0.0928. The predicted molar refractivity (Wildman–Crippen MR) is 70.4 cm³/mol. The molecule has 0 saturated heterocycles. The van der Waals surface area contributed by atoms with Gasteiger partial charge >= 0.3 is 8.56 Å². The van der Waals surface area contributed by atoms with E-state index in [1.54, 1.807) is 26.4 Å². The Morgan fingerprint density at radius 1 is 1.17 bits per heavy atom. The normalized spacial score (nSPS) is 12.7. The molecule has 0 fully saturated rings. The molecule has 0 aliphatic rings. The van der Waals surface area contributed by atoms with Crippen LogP contribution in [-0.2, 0) is 25.4 Å². The molecule has 18 heavy (non-hydrogen) atoms. The third-order valence-electron chi connectivity index (χ3n) is 2.95. The molecule has 0 aliphatic carbocycles. The highest BCUT2D eigenvalue weighted by Crippen LogP contribution is 2.17. The molecular weight excluding hydrogens is 272 g/mol. The van der Waals surface area contributed by atoms with Crippen molar-refractivity contribution in [2.75, 3.05) is 14.2 Å². The van der Waals surface area contributed by atoms with Gasteiger partial charge in [-0.2, -0.15) is 8.42 Å². The van der Waals surface area contributed by atoms with Crippen LogP contribution >= 0.6 is 0 Å². The Balaban J connectivity index is 2.71. The van der Waals surface area contributed by atoms with Gasteiger partial charge in [-0.25, -0.2) is 0 Å². The van der Waals surface area contributed by atoms with E-state index in [9.17, 15) is 8.42 Å². The SMILES string of the molecule is CO[Si](C)(CCc1ccc(S(=O)(=O)O)cc1)OC. The summed E-state index contributed by atoms with van der Waals surface area (Å²) in [6, 6.07) is 6.93. The fourth-order valence-electron chi connectivity index (χ4n) is 1.49. The molecule has 0 aliphatic heterocycles. The number of rotatable bonds is 6. The van der Waals surface area contributed by atoms with Crippen molar-refractivity contribution in [3.05, 3.63) is 29.8 Å². The second-order valence-electron chi connectivity index (χ2n) is 4.16. The van der Waals surface area contributed by atoms with Gasteiger partial charge in [0.25, 0.3) is 10.1 Å². The van der Waals surface area contributed by atoms with Crippen LogP contribution in [0.5, 0.6) is 0 Å². The smallest absolute Gasteiger partial charge is 0.334 e. The molecule has 0 bridgehead atoms. The highest BCUT2D eigenvalue weighted by molar-refractivity contribution is 7.85. The molecule has 0 heterocycles. The average Bonchev–Trinajstić information content (AvgIpc) is 2.35. The summed E-state index contributed by atoms with van der Waals surface area (Å²) in [6.45, 7) is 1.97. The zero-order chi connectivity index (χ0) is 13.8. The number of benzene rings is 1. The van der Waals surface area contributed by atoms with Crippen LogP contribution in [0.3, 0.4) is 0 Å². The van der Waals surface area contributed by atoms with E-state index in [4.69, 9.17) is 13.4 Å². The van der Waals surface area contributed by atoms with Gasteiger partial charge < -0.3 is 8.85 Å². The van der Waals surface area contributed by atoms with Gasteiger partial charge in [-0.05, 0) is 36.7 Å². The minimum Gasteiger partial charge on any atom is -0.398 e. The molecule has 102 valence electrons. The lowest BCUT2D eigenvalue weighted by Crippen LogP contribution is -2.36. The Hall–Kier alpha value is -0.733. The lowest BCUT2D eigenvalue weighted by molar-refractivity contribution is 0.249. The Morgan fingerprint density at radius 3 is 2.06 bits per heavy atom. The van der Waals surface area contributed by atoms with Crippen LogP contribution in [0.1, 0.15) is 5.56 Å². The summed E-state index contributed by atoms with van der Waals surface area (Å²) in [6.07, 6.45) is 0.746. The van der Waals surface area contributed by atoms with Crippen molar-refractivity contribution in [2.24, 2.45) is 0 Å². The molecule has 7 heteroatoms. The van der Waals surface area contributed by atoms with Gasteiger partial charge in [-0.15, -0.1) is 0 Å². The van der Waals surface area contributed by atoms with Gasteiger partial charge in [0.2, 0.25) is 0 Å². The Labute approximate surface area is 109 Å². The van der Waals surface area contributed by atoms with E-state index in [0.717, 1.165) is 18.0 Å². The summed E-state index contributed by atoms with van der Waals surface area (Å²) in [7, 11) is -2.94. The second kappa shape index (κ2) is 5.94. The second-order valence-corrected chi connectivity index (χ2v) is 9.17. The van der Waals surface area contributed by atoms with E-state index < -0.39 is 18.7 Å². The molecule has 5 nitrogen and oxygen atoms in total. The van der Waals surface area contributed by atoms with Crippen molar-refractivity contribution in [1.29, 1.82) is 0 Å². The molecular formula is C11H18O5SSi. The van der Waals surface area contributed by atoms with Crippen LogP contribution in [0, 0.1) is 0 Å². The molecule has 0 saturated carbocycles. The van der Waals surface area contributed by atoms with Crippen LogP contribution in [0.4, 0.5) is 0 Å². The topological polar surface area (TPSA) is 72.8 Å². The molecule has 0 radical (unpaired) electrons. The van der Waals surface area contributed by atoms with Crippen molar-refractivity contribution >= 4 is 18.7 Å². The Bertz CT molecular complexity index is 479. The third-order valence-corrected chi connectivity index (χ3v) is 6.71. The monoisotopic (exact) mass is 290 g/mol. The van der Waals surface area contributed by atoms with Crippen LogP contribution in [-0.4, -0.2) is 35.8 Å². The molecule has 0 spiro atoms. The van der Waals surface area contributed by atoms with Gasteiger partial charge in [0.15, 0.2) is 0 Å². The van der Waals surface area contributed by atoms with Crippen molar-refractivity contribution < 1.29 is 21.8 Å². The molecule has 0 unspecified atom stereocenters. The maximum atomic E-state index is 10.9. The first-order valence-corrected chi connectivity index (χ1v) is 9.44. The molecule has 1 aromatic rings. The number of aryl methyl sites for hydroxylation is 1. The summed E-state index contributed by atoms with van der Waals surface area (Å²) < 4.78 is 41.3. The first-order chi connectivity index (χ1) is 8.30. The van der Waals surface area contributed by atoms with Crippen molar-refractivity contribution in [2.45, 2.75) is 23.9 Å². The van der Waals surface area contributed by atoms with E-state index in [1.165, 1.54) is 12.1 Å². The minimum atomic E-state index is -4.11. The van der Waals surface area contributed by atoms with Gasteiger partial charge in [0, 0.05) is 14.2 Å². The minimum absolute atomic E-state index is 0.0928. The highest BCUT2D eigenvalue weighted by Gasteiger charge is 2.27. The predicted octanol–water partition coefficient (Wildman–Crippen LogP) is 1.84. The standard InChI is InChI=1S/C11H18O5SSi/c1-15-18(3,16-2)9-8-10-4-6-11(7-5-10)17(12,13)14/h4-7H,8-9H2,1-3H3,(H,12,13,14). The lowest BCUT2D eigenvalue weighted by atomic mass is 10.2. The van der Waals surface area contributed by atoms with Crippen LogP contribution in [0.15, 0.2) is 29.2 Å². The molecule has 0 amide bonds. The molecule has 0 aromatic heterocycles. The molecule has 1 N–H and O–H groups in total. The van der Waals surface area contributed by atoms with Gasteiger partial charge in [-0.1, -0.05) is 12.1 Å². The maximum absolute atomic E-state index is 10.9. The van der Waals surface area contributed by atoms with Crippen molar-refractivity contribution in [1.82, 2.24) is 0 Å². The van der Waals surface area contributed by atoms with E-state index in [2.05, 4.69) is 0 Å². The quantitative estimate of drug-likeness (QED) is 0.639. The summed E-state index contributed by atoms with van der Waals surface area (Å²) >= 11 is 0.